The minimum Gasteiger partial charge on any atom is -0.503 e. The Morgan fingerprint density at radius 3 is 2.76 bits per heavy atom. The van der Waals surface area contributed by atoms with Gasteiger partial charge in [-0.2, -0.15) is 0 Å². The molecule has 0 radical (unpaired) electrons. The van der Waals surface area contributed by atoms with Gasteiger partial charge in [0.25, 0.3) is 0 Å². The highest BCUT2D eigenvalue weighted by molar-refractivity contribution is 6.33. The molecule has 0 aromatic heterocycles. The van der Waals surface area contributed by atoms with Crippen LogP contribution in [-0.4, -0.2) is 18.8 Å². The van der Waals surface area contributed by atoms with Crippen molar-refractivity contribution in [3.05, 3.63) is 22.2 Å². The molecule has 1 aliphatic rings. The topological polar surface area (TPSA) is 41.5 Å². The first-order valence-corrected chi connectivity index (χ1v) is 6.19. The van der Waals surface area contributed by atoms with Gasteiger partial charge in [0.05, 0.1) is 12.1 Å². The molecule has 2 N–H and O–H groups in total. The molecule has 1 heterocycles. The molecule has 1 aromatic rings. The summed E-state index contributed by atoms with van der Waals surface area (Å²) in [7, 11) is 1.53. The fourth-order valence-electron chi connectivity index (χ4n) is 2.68. The number of aryl methyl sites for hydroxylation is 1. The lowest BCUT2D eigenvalue weighted by molar-refractivity contribution is 0.368. The van der Waals surface area contributed by atoms with E-state index in [4.69, 9.17) is 16.3 Å². The minimum absolute atomic E-state index is 0.0321. The van der Waals surface area contributed by atoms with Gasteiger partial charge in [0.1, 0.15) is 0 Å². The number of benzene rings is 1. The van der Waals surface area contributed by atoms with Gasteiger partial charge in [-0.05, 0) is 50.4 Å². The van der Waals surface area contributed by atoms with Crippen LogP contribution in [0.1, 0.15) is 30.9 Å². The number of rotatable bonds is 2. The molecule has 1 unspecified atom stereocenters. The quantitative estimate of drug-likeness (QED) is 0.854. The van der Waals surface area contributed by atoms with E-state index in [9.17, 15) is 5.11 Å². The third kappa shape index (κ3) is 1.98. The summed E-state index contributed by atoms with van der Waals surface area (Å²) < 4.78 is 5.10. The summed E-state index contributed by atoms with van der Waals surface area (Å²) in [6.07, 6.45) is 2.15. The number of methoxy groups -OCH3 is 1. The Morgan fingerprint density at radius 2 is 2.24 bits per heavy atom. The number of aromatic hydroxyl groups is 1. The van der Waals surface area contributed by atoms with Gasteiger partial charge in [-0.15, -0.1) is 0 Å². The molecule has 0 spiro atoms. The zero-order chi connectivity index (χ0) is 12.6. The Labute approximate surface area is 107 Å². The highest BCUT2D eigenvalue weighted by atomic mass is 35.5. The first-order valence-electron chi connectivity index (χ1n) is 5.81. The summed E-state index contributed by atoms with van der Waals surface area (Å²) in [4.78, 5) is 0. The summed E-state index contributed by atoms with van der Waals surface area (Å²) in [5.41, 5.74) is 1.88. The van der Waals surface area contributed by atoms with Gasteiger partial charge < -0.3 is 15.2 Å². The highest BCUT2D eigenvalue weighted by Gasteiger charge is 2.34. The molecule has 1 saturated heterocycles. The van der Waals surface area contributed by atoms with Gasteiger partial charge in [-0.3, -0.25) is 0 Å². The van der Waals surface area contributed by atoms with E-state index in [0.717, 1.165) is 30.5 Å². The van der Waals surface area contributed by atoms with Crippen LogP contribution in [0.25, 0.3) is 0 Å². The molecule has 0 amide bonds. The SMILES string of the molecule is COc1cc(C)c(C2(C)CCCN2)c(Cl)c1O. The smallest absolute Gasteiger partial charge is 0.177 e. The van der Waals surface area contributed by atoms with Gasteiger partial charge in [-0.1, -0.05) is 11.6 Å². The molecule has 0 saturated carbocycles. The first kappa shape index (κ1) is 12.5. The number of hydrogen-bond donors (Lipinski definition) is 2. The molecule has 3 nitrogen and oxygen atoms in total. The molecule has 1 fully saturated rings. The van der Waals surface area contributed by atoms with Crippen LogP contribution < -0.4 is 10.1 Å². The Hall–Kier alpha value is -0.930. The third-order valence-electron chi connectivity index (χ3n) is 3.54. The van der Waals surface area contributed by atoms with Crippen molar-refractivity contribution in [3.63, 3.8) is 0 Å². The molecule has 0 aliphatic carbocycles. The number of phenols is 1. The Balaban J connectivity index is 2.58. The summed E-state index contributed by atoms with van der Waals surface area (Å²) in [6.45, 7) is 5.10. The van der Waals surface area contributed by atoms with Crippen LogP contribution in [0, 0.1) is 6.92 Å². The fourth-order valence-corrected chi connectivity index (χ4v) is 3.13. The van der Waals surface area contributed by atoms with Crippen molar-refractivity contribution < 1.29 is 9.84 Å². The average molecular weight is 256 g/mol. The number of ether oxygens (including phenoxy) is 1. The van der Waals surface area contributed by atoms with E-state index in [0.29, 0.717) is 10.8 Å². The Bertz CT molecular complexity index is 440. The molecule has 1 aliphatic heterocycles. The second kappa shape index (κ2) is 4.39. The number of nitrogens with one attached hydrogen (secondary N) is 1. The summed E-state index contributed by atoms with van der Waals surface area (Å²) in [6, 6.07) is 1.84. The van der Waals surface area contributed by atoms with E-state index in [2.05, 4.69) is 12.2 Å². The summed E-state index contributed by atoms with van der Waals surface area (Å²) in [5.74, 6) is 0.461. The maximum absolute atomic E-state index is 9.99. The number of halogens is 1. The first-order chi connectivity index (χ1) is 7.99. The van der Waals surface area contributed by atoms with Crippen molar-refractivity contribution in [2.45, 2.75) is 32.2 Å². The van der Waals surface area contributed by atoms with Crippen molar-refractivity contribution in [3.8, 4) is 11.5 Å². The second-order valence-electron chi connectivity index (χ2n) is 4.80. The predicted octanol–water partition coefficient (Wildman–Crippen LogP) is 2.96. The highest BCUT2D eigenvalue weighted by Crippen LogP contribution is 2.45. The van der Waals surface area contributed by atoms with Crippen LogP contribution in [0.3, 0.4) is 0 Å². The molecular weight excluding hydrogens is 238 g/mol. The van der Waals surface area contributed by atoms with Crippen molar-refractivity contribution >= 4 is 11.6 Å². The van der Waals surface area contributed by atoms with Crippen LogP contribution in [0.5, 0.6) is 11.5 Å². The maximum Gasteiger partial charge on any atom is 0.177 e. The van der Waals surface area contributed by atoms with Gasteiger partial charge in [-0.25, -0.2) is 0 Å². The number of hydrogen-bond acceptors (Lipinski definition) is 3. The van der Waals surface area contributed by atoms with Gasteiger partial charge in [0.15, 0.2) is 11.5 Å². The van der Waals surface area contributed by atoms with Crippen LogP contribution in [0.2, 0.25) is 5.02 Å². The van der Waals surface area contributed by atoms with E-state index in [1.807, 2.05) is 13.0 Å². The lowest BCUT2D eigenvalue weighted by Crippen LogP contribution is -2.34. The maximum atomic E-state index is 9.99. The van der Waals surface area contributed by atoms with Crippen molar-refractivity contribution in [2.75, 3.05) is 13.7 Å². The van der Waals surface area contributed by atoms with E-state index in [1.54, 1.807) is 0 Å². The second-order valence-corrected chi connectivity index (χ2v) is 5.17. The zero-order valence-corrected chi connectivity index (χ0v) is 11.2. The van der Waals surface area contributed by atoms with Gasteiger partial charge in [0, 0.05) is 5.54 Å². The van der Waals surface area contributed by atoms with Gasteiger partial charge >= 0.3 is 0 Å². The lowest BCUT2D eigenvalue weighted by atomic mass is 9.87. The molecule has 2 rings (SSSR count). The predicted molar refractivity (Wildman–Crippen MR) is 69.0 cm³/mol. The summed E-state index contributed by atoms with van der Waals surface area (Å²) in [5, 5.41) is 13.9. The zero-order valence-electron chi connectivity index (χ0n) is 10.4. The lowest BCUT2D eigenvalue weighted by Gasteiger charge is -2.29. The fraction of sp³-hybridized carbons (Fsp3) is 0.538. The molecule has 4 heteroatoms. The van der Waals surface area contributed by atoms with Crippen LogP contribution >= 0.6 is 11.6 Å². The molecule has 1 aromatic carbocycles. The van der Waals surface area contributed by atoms with E-state index >= 15 is 0 Å². The Morgan fingerprint density at radius 1 is 1.53 bits per heavy atom. The van der Waals surface area contributed by atoms with Crippen LogP contribution in [-0.2, 0) is 5.54 Å². The standard InChI is InChI=1S/C13H18ClNO2/c1-8-7-9(17-3)12(16)11(14)10(8)13(2)5-4-6-15-13/h7,15-16H,4-6H2,1-3H3. The third-order valence-corrected chi connectivity index (χ3v) is 3.91. The Kier molecular flexibility index (Phi) is 3.23. The van der Waals surface area contributed by atoms with Gasteiger partial charge in [0.2, 0.25) is 0 Å². The molecule has 0 bridgehead atoms. The van der Waals surface area contributed by atoms with E-state index in [-0.39, 0.29) is 11.3 Å². The molecular formula is C13H18ClNO2. The monoisotopic (exact) mass is 255 g/mol. The van der Waals surface area contributed by atoms with Crippen molar-refractivity contribution in [1.29, 1.82) is 0 Å². The molecule has 1 atom stereocenters. The minimum atomic E-state index is -0.148. The summed E-state index contributed by atoms with van der Waals surface area (Å²) >= 11 is 6.28. The van der Waals surface area contributed by atoms with Crippen LogP contribution in [0.15, 0.2) is 6.07 Å². The largest absolute Gasteiger partial charge is 0.503 e. The molecule has 94 valence electrons. The molecule has 17 heavy (non-hydrogen) atoms. The van der Waals surface area contributed by atoms with Crippen molar-refractivity contribution in [1.82, 2.24) is 5.32 Å². The van der Waals surface area contributed by atoms with Crippen molar-refractivity contribution in [2.24, 2.45) is 0 Å². The van der Waals surface area contributed by atoms with E-state index < -0.39 is 0 Å². The average Bonchev–Trinajstić information content (AvgIpc) is 2.71. The normalized spacial score (nSPS) is 24.0. The number of phenolic OH excluding ortho intramolecular Hbond substituents is 1. The van der Waals surface area contributed by atoms with Crippen LogP contribution in [0.4, 0.5) is 0 Å². The van der Waals surface area contributed by atoms with E-state index in [1.165, 1.54) is 7.11 Å².